The van der Waals surface area contributed by atoms with Crippen LogP contribution >= 0.6 is 27.3 Å². The minimum atomic E-state index is -0.443. The van der Waals surface area contributed by atoms with Crippen LogP contribution in [-0.4, -0.2) is 9.49 Å². The number of halogens is 1. The molecule has 0 N–H and O–H groups in total. The predicted octanol–water partition coefficient (Wildman–Crippen LogP) is 4.67. The van der Waals surface area contributed by atoms with Crippen molar-refractivity contribution in [2.45, 2.75) is 6.04 Å². The predicted molar refractivity (Wildman–Crippen MR) is 133 cm³/mol. The summed E-state index contributed by atoms with van der Waals surface area (Å²) in [6, 6.07) is 23.6. The Kier molecular flexibility index (Phi) is 5.62. The molecule has 162 valence electrons. The van der Waals surface area contributed by atoms with Crippen molar-refractivity contribution >= 4 is 44.7 Å². The molecule has 5 rings (SSSR count). The van der Waals surface area contributed by atoms with Crippen molar-refractivity contribution in [2.24, 2.45) is 4.99 Å². The molecule has 0 aliphatic carbocycles. The van der Waals surface area contributed by atoms with Crippen molar-refractivity contribution in [1.29, 1.82) is 0 Å². The van der Waals surface area contributed by atoms with Gasteiger partial charge in [0.2, 0.25) is 0 Å². The summed E-state index contributed by atoms with van der Waals surface area (Å²) in [6.07, 6.45) is 3.76. The molecule has 4 aromatic rings. The number of nitro benzene ring substituents is 1. The van der Waals surface area contributed by atoms with E-state index in [0.29, 0.717) is 14.9 Å². The van der Waals surface area contributed by atoms with E-state index in [-0.39, 0.29) is 17.3 Å². The van der Waals surface area contributed by atoms with E-state index < -0.39 is 4.92 Å². The van der Waals surface area contributed by atoms with Gasteiger partial charge >= 0.3 is 0 Å². The average Bonchev–Trinajstić information content (AvgIpc) is 3.15. The molecule has 1 atom stereocenters. The highest BCUT2D eigenvalue weighted by Crippen LogP contribution is 2.27. The molecule has 0 saturated carbocycles. The molecule has 0 amide bonds. The van der Waals surface area contributed by atoms with Crippen molar-refractivity contribution < 1.29 is 4.92 Å². The van der Waals surface area contributed by atoms with Crippen molar-refractivity contribution in [3.8, 4) is 0 Å². The first kappa shape index (κ1) is 21.2. The Bertz CT molecular complexity index is 1550. The van der Waals surface area contributed by atoms with E-state index >= 15 is 0 Å². The lowest BCUT2D eigenvalue weighted by Gasteiger charge is -2.19. The molecule has 0 spiro atoms. The van der Waals surface area contributed by atoms with Crippen LogP contribution in [0, 0.1) is 10.1 Å². The molecule has 0 saturated heterocycles. The number of rotatable bonds is 4. The second kappa shape index (κ2) is 8.73. The number of hydrogen-bond acceptors (Lipinski definition) is 5. The molecular formula is C25H16BrN3O3S. The van der Waals surface area contributed by atoms with Crippen LogP contribution in [0.1, 0.15) is 22.7 Å². The third kappa shape index (κ3) is 4.22. The Labute approximate surface area is 200 Å². The number of nitrogens with zero attached hydrogens (tertiary/aromatic N) is 3. The van der Waals surface area contributed by atoms with Crippen LogP contribution in [0.5, 0.6) is 0 Å². The molecule has 0 fully saturated rings. The summed E-state index contributed by atoms with van der Waals surface area (Å²) in [7, 11) is 0. The van der Waals surface area contributed by atoms with Gasteiger partial charge in [0.25, 0.3) is 11.2 Å². The van der Waals surface area contributed by atoms with E-state index in [0.717, 1.165) is 21.3 Å². The number of aromatic nitrogens is 1. The lowest BCUT2D eigenvalue weighted by Crippen LogP contribution is -2.36. The summed E-state index contributed by atoms with van der Waals surface area (Å²) < 4.78 is 3.19. The van der Waals surface area contributed by atoms with E-state index in [2.05, 4.69) is 15.9 Å². The van der Waals surface area contributed by atoms with Gasteiger partial charge in [0.05, 0.1) is 21.2 Å². The first-order valence-electron chi connectivity index (χ1n) is 10.1. The third-order valence-electron chi connectivity index (χ3n) is 5.33. The maximum atomic E-state index is 13.4. The molecule has 1 unspecified atom stereocenters. The monoisotopic (exact) mass is 517 g/mol. The van der Waals surface area contributed by atoms with E-state index in [1.165, 1.54) is 23.5 Å². The Morgan fingerprint density at radius 1 is 1.00 bits per heavy atom. The maximum Gasteiger partial charge on any atom is 0.271 e. The van der Waals surface area contributed by atoms with Gasteiger partial charge in [-0.2, -0.15) is 0 Å². The average molecular weight is 518 g/mol. The summed E-state index contributed by atoms with van der Waals surface area (Å²) in [5.74, 6) is 0. The highest BCUT2D eigenvalue weighted by Gasteiger charge is 2.22. The minimum absolute atomic E-state index is 0.0105. The number of fused-ring (bicyclic) bond motifs is 1. The van der Waals surface area contributed by atoms with Gasteiger partial charge in [0, 0.05) is 16.6 Å². The molecule has 0 bridgehead atoms. The fourth-order valence-electron chi connectivity index (χ4n) is 3.69. The van der Waals surface area contributed by atoms with E-state index in [9.17, 15) is 14.9 Å². The first-order valence-corrected chi connectivity index (χ1v) is 11.7. The fraction of sp³-hybridized carbons (Fsp3) is 0.0400. The number of allylic oxidation sites excluding steroid dienone is 1. The lowest BCUT2D eigenvalue weighted by atomic mass is 10.0. The summed E-state index contributed by atoms with van der Waals surface area (Å²) in [5, 5.41) is 10.9. The zero-order valence-corrected chi connectivity index (χ0v) is 19.5. The number of nitro groups is 1. The van der Waals surface area contributed by atoms with Crippen LogP contribution in [0.15, 0.2) is 99.2 Å². The Balaban J connectivity index is 1.68. The standard InChI is InChI=1S/C25H16BrN3O3S/c26-19-10-8-18(9-11-19)22-15-21(17-4-2-1-3-5-17)27-25-28(22)24(30)23(33-25)14-16-6-12-20(13-7-16)29(31)32/h1-15,22H. The number of non-ortho nitro benzene ring substituents is 1. The molecule has 1 aromatic heterocycles. The number of benzene rings is 3. The van der Waals surface area contributed by atoms with Crippen LogP contribution in [0.3, 0.4) is 0 Å². The molecule has 8 heteroatoms. The number of hydrogen-bond donors (Lipinski definition) is 0. The van der Waals surface area contributed by atoms with Crippen molar-refractivity contribution in [3.05, 3.63) is 136 Å². The second-order valence-corrected chi connectivity index (χ2v) is 9.37. The SMILES string of the molecule is O=c1c(=Cc2ccc([N+](=O)[O-])cc2)sc2n1C(c1ccc(Br)cc1)C=C(c1ccccc1)N=2. The van der Waals surface area contributed by atoms with E-state index in [1.54, 1.807) is 22.8 Å². The van der Waals surface area contributed by atoms with Crippen LogP contribution in [-0.2, 0) is 0 Å². The van der Waals surface area contributed by atoms with Crippen molar-refractivity contribution in [3.63, 3.8) is 0 Å². The Morgan fingerprint density at radius 3 is 2.36 bits per heavy atom. The summed E-state index contributed by atoms with van der Waals surface area (Å²) in [4.78, 5) is 29.3. The largest absolute Gasteiger partial charge is 0.272 e. The Hall–Kier alpha value is -3.62. The van der Waals surface area contributed by atoms with Crippen molar-refractivity contribution in [1.82, 2.24) is 4.57 Å². The highest BCUT2D eigenvalue weighted by atomic mass is 79.9. The second-order valence-electron chi connectivity index (χ2n) is 7.44. The maximum absolute atomic E-state index is 13.4. The molecule has 1 aliphatic rings. The lowest BCUT2D eigenvalue weighted by molar-refractivity contribution is -0.384. The number of thiazole rings is 1. The van der Waals surface area contributed by atoms with Gasteiger partial charge in [-0.25, -0.2) is 4.99 Å². The summed E-state index contributed by atoms with van der Waals surface area (Å²) in [5.41, 5.74) is 3.35. The summed E-state index contributed by atoms with van der Waals surface area (Å²) in [6.45, 7) is 0. The van der Waals surface area contributed by atoms with Gasteiger partial charge in [-0.05, 0) is 53.1 Å². The Morgan fingerprint density at radius 2 is 1.70 bits per heavy atom. The van der Waals surface area contributed by atoms with E-state index in [4.69, 9.17) is 4.99 Å². The topological polar surface area (TPSA) is 77.5 Å². The molecule has 2 heterocycles. The van der Waals surface area contributed by atoms with E-state index in [1.807, 2.05) is 60.7 Å². The quantitative estimate of drug-likeness (QED) is 0.291. The van der Waals surface area contributed by atoms with Crippen LogP contribution in [0.25, 0.3) is 11.8 Å². The smallest absolute Gasteiger partial charge is 0.271 e. The highest BCUT2D eigenvalue weighted by molar-refractivity contribution is 9.10. The van der Waals surface area contributed by atoms with Crippen LogP contribution < -0.4 is 14.9 Å². The fourth-order valence-corrected chi connectivity index (χ4v) is 4.97. The zero-order valence-electron chi connectivity index (χ0n) is 17.1. The third-order valence-corrected chi connectivity index (χ3v) is 6.84. The van der Waals surface area contributed by atoms with Gasteiger partial charge in [-0.15, -0.1) is 0 Å². The molecule has 6 nitrogen and oxygen atoms in total. The van der Waals surface area contributed by atoms with Gasteiger partial charge < -0.3 is 0 Å². The van der Waals surface area contributed by atoms with Crippen LogP contribution in [0.2, 0.25) is 0 Å². The first-order chi connectivity index (χ1) is 16.0. The van der Waals surface area contributed by atoms with Crippen LogP contribution in [0.4, 0.5) is 5.69 Å². The van der Waals surface area contributed by atoms with Gasteiger partial charge in [0.15, 0.2) is 4.80 Å². The molecule has 33 heavy (non-hydrogen) atoms. The summed E-state index contributed by atoms with van der Waals surface area (Å²) >= 11 is 4.78. The molecular weight excluding hydrogens is 502 g/mol. The minimum Gasteiger partial charge on any atom is -0.272 e. The zero-order chi connectivity index (χ0) is 22.9. The molecule has 1 aliphatic heterocycles. The van der Waals surface area contributed by atoms with Crippen molar-refractivity contribution in [2.75, 3.05) is 0 Å². The van der Waals surface area contributed by atoms with Gasteiger partial charge in [0.1, 0.15) is 0 Å². The normalized spacial score (nSPS) is 15.5. The van der Waals surface area contributed by atoms with Gasteiger partial charge in [-0.1, -0.05) is 69.7 Å². The molecule has 3 aromatic carbocycles. The molecule has 0 radical (unpaired) electrons. The van der Waals surface area contributed by atoms with Gasteiger partial charge in [-0.3, -0.25) is 19.5 Å².